The van der Waals surface area contributed by atoms with E-state index in [0.717, 1.165) is 49.5 Å². The topological polar surface area (TPSA) is 51.6 Å². The van der Waals surface area contributed by atoms with Gasteiger partial charge in [-0.3, -0.25) is 4.98 Å². The monoisotopic (exact) mass is 520 g/mol. The van der Waals surface area contributed by atoms with Gasteiger partial charge >= 0.3 is 0 Å². The first-order chi connectivity index (χ1) is 19.2. The maximum Gasteiger partial charge on any atom is 0.165 e. The van der Waals surface area contributed by atoms with Crippen LogP contribution in [0, 0.1) is 0 Å². The number of hydrogen-bond donors (Lipinski definition) is 0. The fourth-order valence-corrected chi connectivity index (χ4v) is 5.03. The molecule has 0 amide bonds. The van der Waals surface area contributed by atoms with Crippen molar-refractivity contribution in [2.24, 2.45) is 0 Å². The molecule has 0 fully saturated rings. The normalized spacial score (nSPS) is 11.2. The van der Waals surface area contributed by atoms with Gasteiger partial charge in [0.25, 0.3) is 0 Å². The van der Waals surface area contributed by atoms with Crippen LogP contribution in [0.3, 0.4) is 0 Å². The lowest BCUT2D eigenvalue weighted by atomic mass is 10.0. The minimum Gasteiger partial charge on any atom is -0.255 e. The predicted octanol–water partition coefficient (Wildman–Crippen LogP) is 8.89. The zero-order valence-corrected chi connectivity index (χ0v) is 21.5. The first-order valence-corrected chi connectivity index (χ1v) is 13.1. The molecule has 0 saturated carbocycles. The van der Waals surface area contributed by atoms with Crippen molar-refractivity contribution in [2.45, 2.75) is 0 Å². The van der Waals surface area contributed by atoms with E-state index in [2.05, 4.69) is 48.5 Å². The Balaban J connectivity index is 1.42. The summed E-state index contributed by atoms with van der Waals surface area (Å²) in [6.45, 7) is 0. The average Bonchev–Trinajstić information content (AvgIpc) is 3.01. The van der Waals surface area contributed by atoms with Gasteiger partial charge in [-0.05, 0) is 45.8 Å². The summed E-state index contributed by atoms with van der Waals surface area (Å²) in [5.74, 6) is 1.83. The number of benzene rings is 5. The average molecular weight is 521 g/mol. The van der Waals surface area contributed by atoms with Crippen LogP contribution < -0.4 is 0 Å². The lowest BCUT2D eigenvalue weighted by Gasteiger charge is -2.11. The van der Waals surface area contributed by atoms with Gasteiger partial charge in [0.05, 0.1) is 5.69 Å². The molecule has 5 aromatic carbocycles. The van der Waals surface area contributed by atoms with Gasteiger partial charge in [-0.2, -0.15) is 0 Å². The summed E-state index contributed by atoms with van der Waals surface area (Å²) in [6, 6.07) is 40.7. The van der Waals surface area contributed by atoms with E-state index in [9.17, 15) is 0 Å². The second kappa shape index (κ2) is 9.75. The van der Waals surface area contributed by atoms with Crippen molar-refractivity contribution in [3.8, 4) is 45.4 Å². The molecule has 0 unspecified atom stereocenters. The zero-order valence-electron chi connectivity index (χ0n) is 20.8. The number of hydrogen-bond acceptors (Lipinski definition) is 4. The Morgan fingerprint density at radius 3 is 1.51 bits per heavy atom. The minimum absolute atomic E-state index is 0.575. The van der Waals surface area contributed by atoms with E-state index in [0.29, 0.717) is 22.5 Å². The Kier molecular flexibility index (Phi) is 5.80. The van der Waals surface area contributed by atoms with E-state index in [1.807, 2.05) is 79.0 Å². The molecule has 7 rings (SSSR count). The number of fused-ring (bicyclic) bond motifs is 2. The third-order valence-corrected chi connectivity index (χ3v) is 7.11. The van der Waals surface area contributed by atoms with Crippen molar-refractivity contribution in [3.05, 3.63) is 133 Å². The van der Waals surface area contributed by atoms with Crippen LogP contribution in [0.25, 0.3) is 67.0 Å². The fourth-order valence-electron chi connectivity index (χ4n) is 4.90. The molecule has 0 aliphatic carbocycles. The molecule has 0 radical (unpaired) electrons. The third-order valence-electron chi connectivity index (χ3n) is 6.86. The first-order valence-electron chi connectivity index (χ1n) is 12.7. The highest BCUT2D eigenvalue weighted by molar-refractivity contribution is 6.30. The molecule has 0 N–H and O–H groups in total. The highest BCUT2D eigenvalue weighted by Crippen LogP contribution is 2.32. The molecule has 39 heavy (non-hydrogen) atoms. The zero-order chi connectivity index (χ0) is 26.2. The number of aromatic nitrogens is 4. The fraction of sp³-hybridized carbons (Fsp3) is 0. The van der Waals surface area contributed by atoms with Gasteiger partial charge in [0.15, 0.2) is 17.5 Å². The molecule has 4 nitrogen and oxygen atoms in total. The molecular formula is C34H21ClN4. The van der Waals surface area contributed by atoms with Crippen LogP contribution in [-0.4, -0.2) is 19.9 Å². The number of halogens is 1. The summed E-state index contributed by atoms with van der Waals surface area (Å²) in [4.78, 5) is 19.7. The van der Waals surface area contributed by atoms with Gasteiger partial charge < -0.3 is 0 Å². The number of pyridine rings is 1. The highest BCUT2D eigenvalue weighted by Gasteiger charge is 2.16. The molecule has 5 heteroatoms. The van der Waals surface area contributed by atoms with Gasteiger partial charge in [-0.15, -0.1) is 0 Å². The molecule has 7 aromatic rings. The summed E-state index contributed by atoms with van der Waals surface area (Å²) in [6.07, 6.45) is 1.82. The van der Waals surface area contributed by atoms with Gasteiger partial charge in [0.1, 0.15) is 0 Å². The van der Waals surface area contributed by atoms with Gasteiger partial charge in [0.2, 0.25) is 0 Å². The van der Waals surface area contributed by atoms with Crippen LogP contribution >= 0.6 is 11.6 Å². The van der Waals surface area contributed by atoms with Crippen LogP contribution in [0.4, 0.5) is 0 Å². The summed E-state index contributed by atoms with van der Waals surface area (Å²) in [5, 5.41) is 5.16. The van der Waals surface area contributed by atoms with E-state index in [4.69, 9.17) is 31.5 Å². The molecule has 0 aliphatic rings. The molecule has 0 bridgehead atoms. The van der Waals surface area contributed by atoms with Crippen molar-refractivity contribution in [3.63, 3.8) is 0 Å². The summed E-state index contributed by atoms with van der Waals surface area (Å²) < 4.78 is 0. The van der Waals surface area contributed by atoms with E-state index >= 15 is 0 Å². The second-order valence-corrected chi connectivity index (χ2v) is 9.74. The van der Waals surface area contributed by atoms with E-state index in [1.165, 1.54) is 0 Å². The molecule has 184 valence electrons. The lowest BCUT2D eigenvalue weighted by molar-refractivity contribution is 1.07. The van der Waals surface area contributed by atoms with Crippen molar-refractivity contribution in [2.75, 3.05) is 0 Å². The van der Waals surface area contributed by atoms with Crippen LogP contribution in [0.2, 0.25) is 5.02 Å². The number of rotatable bonds is 4. The molecule has 2 aromatic heterocycles. The predicted molar refractivity (Wildman–Crippen MR) is 159 cm³/mol. The van der Waals surface area contributed by atoms with E-state index in [-0.39, 0.29) is 0 Å². The quantitative estimate of drug-likeness (QED) is 0.232. The second-order valence-electron chi connectivity index (χ2n) is 9.30. The number of nitrogens with zero attached hydrogens (tertiary/aromatic N) is 4. The molecule has 0 aliphatic heterocycles. The van der Waals surface area contributed by atoms with Crippen molar-refractivity contribution >= 4 is 33.1 Å². The van der Waals surface area contributed by atoms with Crippen molar-refractivity contribution in [1.82, 2.24) is 19.9 Å². The lowest BCUT2D eigenvalue weighted by Crippen LogP contribution is -2.01. The highest BCUT2D eigenvalue weighted by atomic mass is 35.5. The van der Waals surface area contributed by atoms with E-state index < -0.39 is 0 Å². The molecule has 0 atom stereocenters. The van der Waals surface area contributed by atoms with Crippen LogP contribution in [-0.2, 0) is 0 Å². The molecule has 0 saturated heterocycles. The van der Waals surface area contributed by atoms with Crippen molar-refractivity contribution < 1.29 is 0 Å². The van der Waals surface area contributed by atoms with Crippen molar-refractivity contribution in [1.29, 1.82) is 0 Å². The third kappa shape index (κ3) is 4.41. The van der Waals surface area contributed by atoms with Gasteiger partial charge in [0, 0.05) is 33.5 Å². The molecule has 0 spiro atoms. The summed E-state index contributed by atoms with van der Waals surface area (Å²) in [7, 11) is 0. The SMILES string of the molecule is Clc1ccc(-c2ccc(-c3nc(-c4cccc5ccccc45)nc(-c4cccc5ccccc45)n3)cn2)cc1. The first kappa shape index (κ1) is 23.2. The Bertz CT molecular complexity index is 1860. The molecular weight excluding hydrogens is 500 g/mol. The van der Waals surface area contributed by atoms with Gasteiger partial charge in [-0.25, -0.2) is 15.0 Å². The minimum atomic E-state index is 0.575. The Hall–Kier alpha value is -4.93. The van der Waals surface area contributed by atoms with Gasteiger partial charge in [-0.1, -0.05) is 109 Å². The maximum atomic E-state index is 6.06. The smallest absolute Gasteiger partial charge is 0.165 e. The Labute approximate surface area is 230 Å². The van der Waals surface area contributed by atoms with Crippen LogP contribution in [0.5, 0.6) is 0 Å². The van der Waals surface area contributed by atoms with Crippen LogP contribution in [0.15, 0.2) is 128 Å². The standard InChI is InChI=1S/C34H21ClN4/c35-26-18-15-24(16-19-26)31-20-17-25(21-36-31)32-37-33(29-13-5-9-22-7-1-3-11-27(22)29)39-34(38-32)30-14-6-10-23-8-2-4-12-28(23)30/h1-21H. The summed E-state index contributed by atoms with van der Waals surface area (Å²) in [5.41, 5.74) is 4.59. The maximum absolute atomic E-state index is 6.06. The summed E-state index contributed by atoms with van der Waals surface area (Å²) >= 11 is 6.06. The Morgan fingerprint density at radius 2 is 0.949 bits per heavy atom. The Morgan fingerprint density at radius 1 is 0.436 bits per heavy atom. The van der Waals surface area contributed by atoms with E-state index in [1.54, 1.807) is 0 Å². The van der Waals surface area contributed by atoms with Crippen LogP contribution in [0.1, 0.15) is 0 Å². The largest absolute Gasteiger partial charge is 0.255 e. The molecule has 2 heterocycles.